The van der Waals surface area contributed by atoms with Crippen LogP contribution >= 0.6 is 35.6 Å². The van der Waals surface area contributed by atoms with Gasteiger partial charge in [0.15, 0.2) is 5.96 Å². The van der Waals surface area contributed by atoms with Gasteiger partial charge in [-0.3, -0.25) is 9.79 Å². The molecule has 7 heteroatoms. The van der Waals surface area contributed by atoms with Gasteiger partial charge in [-0.05, 0) is 48.7 Å². The number of halogens is 2. The molecule has 5 nitrogen and oxygen atoms in total. The Kier molecular flexibility index (Phi) is 10.9. The number of nitrogens with zero attached hydrogens (tertiary/aromatic N) is 1. The summed E-state index contributed by atoms with van der Waals surface area (Å²) >= 11 is 5.90. The van der Waals surface area contributed by atoms with E-state index in [4.69, 9.17) is 11.6 Å². The molecule has 0 bridgehead atoms. The molecule has 0 saturated carbocycles. The average Bonchev–Trinajstić information content (AvgIpc) is 2.69. The predicted octanol–water partition coefficient (Wildman–Crippen LogP) is 4.35. The van der Waals surface area contributed by atoms with Crippen LogP contribution in [0.25, 0.3) is 0 Å². The lowest BCUT2D eigenvalue weighted by molar-refractivity contribution is 0.0939. The van der Waals surface area contributed by atoms with Crippen LogP contribution in [0, 0.1) is 0 Å². The van der Waals surface area contributed by atoms with Gasteiger partial charge >= 0.3 is 0 Å². The predicted molar refractivity (Wildman–Crippen MR) is 128 cm³/mol. The Labute approximate surface area is 189 Å². The van der Waals surface area contributed by atoms with Crippen LogP contribution in [0.1, 0.15) is 41.8 Å². The zero-order valence-electron chi connectivity index (χ0n) is 16.5. The summed E-state index contributed by atoms with van der Waals surface area (Å²) in [7, 11) is 1.74. The molecule has 1 unspecified atom stereocenters. The zero-order chi connectivity index (χ0) is 19.6. The van der Waals surface area contributed by atoms with E-state index < -0.39 is 0 Å². The minimum atomic E-state index is -0.0377. The summed E-state index contributed by atoms with van der Waals surface area (Å²) in [4.78, 5) is 16.3. The molecule has 0 spiro atoms. The highest BCUT2D eigenvalue weighted by molar-refractivity contribution is 14.0. The van der Waals surface area contributed by atoms with Crippen molar-refractivity contribution in [1.82, 2.24) is 16.0 Å². The van der Waals surface area contributed by atoms with E-state index in [1.54, 1.807) is 7.05 Å². The number of hydrogen-bond donors (Lipinski definition) is 3. The quantitative estimate of drug-likeness (QED) is 0.292. The van der Waals surface area contributed by atoms with Crippen molar-refractivity contribution in [2.75, 3.05) is 7.05 Å². The van der Waals surface area contributed by atoms with E-state index in [2.05, 4.69) is 20.9 Å². The lowest BCUT2D eigenvalue weighted by Gasteiger charge is -2.13. The van der Waals surface area contributed by atoms with Gasteiger partial charge in [-0.2, -0.15) is 0 Å². The fraction of sp³-hybridized carbons (Fsp3) is 0.333. The van der Waals surface area contributed by atoms with E-state index in [-0.39, 0.29) is 35.9 Å². The summed E-state index contributed by atoms with van der Waals surface area (Å²) in [6.45, 7) is 5.32. The molecule has 1 atom stereocenters. The molecule has 152 valence electrons. The number of hydrogen-bond acceptors (Lipinski definition) is 2. The number of nitrogens with one attached hydrogen (secondary N) is 3. The third kappa shape index (κ3) is 8.06. The molecular weight excluding hydrogens is 487 g/mol. The Morgan fingerprint density at radius 2 is 1.50 bits per heavy atom. The maximum Gasteiger partial charge on any atom is 0.251 e. The Morgan fingerprint density at radius 3 is 1.96 bits per heavy atom. The van der Waals surface area contributed by atoms with Crippen molar-refractivity contribution in [1.29, 1.82) is 0 Å². The highest BCUT2D eigenvalue weighted by Crippen LogP contribution is 2.09. The fourth-order valence-corrected chi connectivity index (χ4v) is 2.50. The van der Waals surface area contributed by atoms with Crippen LogP contribution in [0.4, 0.5) is 0 Å². The Balaban J connectivity index is 0.00000392. The monoisotopic (exact) mass is 514 g/mol. The summed E-state index contributed by atoms with van der Waals surface area (Å²) in [5, 5.41) is 10.2. The number of carbonyl (C=O) groups is 1. The molecule has 0 heterocycles. The van der Waals surface area contributed by atoms with Gasteiger partial charge in [0, 0.05) is 36.8 Å². The van der Waals surface area contributed by atoms with E-state index in [0.717, 1.165) is 22.6 Å². The lowest BCUT2D eigenvalue weighted by atomic mass is 10.1. The number of benzene rings is 2. The SMILES string of the molecule is CCC(C)NC(=O)c1ccc(CNC(=NC)NCc2ccc(Cl)cc2)cc1.I. The van der Waals surface area contributed by atoms with Crippen molar-refractivity contribution in [2.24, 2.45) is 4.99 Å². The Hall–Kier alpha value is -1.80. The molecule has 0 aliphatic carbocycles. The molecular formula is C21H28ClIN4O. The van der Waals surface area contributed by atoms with Crippen LogP contribution < -0.4 is 16.0 Å². The average molecular weight is 515 g/mol. The molecule has 0 fully saturated rings. The second-order valence-electron chi connectivity index (χ2n) is 6.39. The topological polar surface area (TPSA) is 65.5 Å². The molecule has 0 aliphatic rings. The summed E-state index contributed by atoms with van der Waals surface area (Å²) in [6, 6.07) is 15.5. The molecule has 0 aromatic heterocycles. The lowest BCUT2D eigenvalue weighted by Crippen LogP contribution is -2.36. The third-order valence-electron chi connectivity index (χ3n) is 4.26. The Morgan fingerprint density at radius 1 is 1.00 bits per heavy atom. The highest BCUT2D eigenvalue weighted by Gasteiger charge is 2.08. The first-order valence-electron chi connectivity index (χ1n) is 9.10. The van der Waals surface area contributed by atoms with Crippen molar-refractivity contribution >= 4 is 47.4 Å². The van der Waals surface area contributed by atoms with Gasteiger partial charge < -0.3 is 16.0 Å². The van der Waals surface area contributed by atoms with Crippen LogP contribution in [0.2, 0.25) is 5.02 Å². The van der Waals surface area contributed by atoms with E-state index in [1.165, 1.54) is 0 Å². The number of carbonyl (C=O) groups excluding carboxylic acids is 1. The molecule has 0 radical (unpaired) electrons. The van der Waals surface area contributed by atoms with E-state index >= 15 is 0 Å². The summed E-state index contributed by atoms with van der Waals surface area (Å²) in [6.07, 6.45) is 0.913. The second-order valence-corrected chi connectivity index (χ2v) is 6.82. The number of rotatable bonds is 7. The van der Waals surface area contributed by atoms with Gasteiger partial charge in [0.2, 0.25) is 0 Å². The molecule has 0 saturated heterocycles. The van der Waals surface area contributed by atoms with E-state index in [9.17, 15) is 4.79 Å². The smallest absolute Gasteiger partial charge is 0.251 e. The van der Waals surface area contributed by atoms with Crippen LogP contribution in [-0.2, 0) is 13.1 Å². The van der Waals surface area contributed by atoms with E-state index in [0.29, 0.717) is 24.6 Å². The zero-order valence-corrected chi connectivity index (χ0v) is 19.5. The fourth-order valence-electron chi connectivity index (χ4n) is 2.38. The summed E-state index contributed by atoms with van der Waals surface area (Å²) < 4.78 is 0. The molecule has 1 amide bonds. The minimum absolute atomic E-state index is 0. The maximum atomic E-state index is 12.1. The molecule has 0 aliphatic heterocycles. The van der Waals surface area contributed by atoms with Crippen LogP contribution in [0.5, 0.6) is 0 Å². The minimum Gasteiger partial charge on any atom is -0.352 e. The van der Waals surface area contributed by atoms with Crippen LogP contribution in [0.15, 0.2) is 53.5 Å². The summed E-state index contributed by atoms with van der Waals surface area (Å²) in [5.41, 5.74) is 2.87. The molecule has 2 aromatic carbocycles. The molecule has 2 aromatic rings. The number of amides is 1. The van der Waals surface area contributed by atoms with Crippen molar-refractivity contribution in [3.8, 4) is 0 Å². The van der Waals surface area contributed by atoms with Crippen molar-refractivity contribution in [3.05, 3.63) is 70.2 Å². The molecule has 2 rings (SSSR count). The van der Waals surface area contributed by atoms with Gasteiger partial charge in [-0.15, -0.1) is 24.0 Å². The van der Waals surface area contributed by atoms with Gasteiger partial charge in [0.25, 0.3) is 5.91 Å². The summed E-state index contributed by atoms with van der Waals surface area (Å²) in [5.74, 6) is 0.674. The third-order valence-corrected chi connectivity index (χ3v) is 4.51. The van der Waals surface area contributed by atoms with Crippen molar-refractivity contribution < 1.29 is 4.79 Å². The number of aliphatic imine (C=N–C) groups is 1. The molecule has 3 N–H and O–H groups in total. The Bertz CT molecular complexity index is 763. The van der Waals surface area contributed by atoms with Gasteiger partial charge in [0.05, 0.1) is 0 Å². The van der Waals surface area contributed by atoms with Crippen LogP contribution in [-0.4, -0.2) is 25.0 Å². The molecule has 28 heavy (non-hydrogen) atoms. The van der Waals surface area contributed by atoms with Gasteiger partial charge in [0.1, 0.15) is 0 Å². The first-order chi connectivity index (χ1) is 13.0. The van der Waals surface area contributed by atoms with Crippen LogP contribution in [0.3, 0.4) is 0 Å². The van der Waals surface area contributed by atoms with E-state index in [1.807, 2.05) is 62.4 Å². The van der Waals surface area contributed by atoms with Gasteiger partial charge in [-0.1, -0.05) is 42.8 Å². The first kappa shape index (κ1) is 24.2. The first-order valence-corrected chi connectivity index (χ1v) is 9.48. The second kappa shape index (κ2) is 12.6. The van der Waals surface area contributed by atoms with Crippen molar-refractivity contribution in [2.45, 2.75) is 39.4 Å². The normalized spacial score (nSPS) is 11.9. The largest absolute Gasteiger partial charge is 0.352 e. The van der Waals surface area contributed by atoms with Crippen molar-refractivity contribution in [3.63, 3.8) is 0 Å². The standard InChI is InChI=1S/C21H27ClN4O.HI/c1-4-15(2)26-20(27)18-9-5-16(6-10-18)13-24-21(23-3)25-14-17-7-11-19(22)12-8-17;/h5-12,15H,4,13-14H2,1-3H3,(H,26,27)(H2,23,24,25);1H. The maximum absolute atomic E-state index is 12.1. The highest BCUT2D eigenvalue weighted by atomic mass is 127. The number of guanidine groups is 1. The van der Waals surface area contributed by atoms with Gasteiger partial charge in [-0.25, -0.2) is 0 Å².